The molecular formula is C13H22O4S. The summed E-state index contributed by atoms with van der Waals surface area (Å²) in [4.78, 5) is 11.5. The molecule has 0 aliphatic carbocycles. The summed E-state index contributed by atoms with van der Waals surface area (Å²) in [5, 5.41) is 8.56. The molecule has 1 fully saturated rings. The minimum atomic E-state index is -1.28. The number of esters is 1. The Bertz CT molecular complexity index is 373. The fraction of sp³-hybridized carbons (Fsp3) is 0.769. The maximum absolute atomic E-state index is 11.5. The first-order valence-corrected chi connectivity index (χ1v) is 8.28. The molecule has 1 unspecified atom stereocenters. The van der Waals surface area contributed by atoms with Crippen LogP contribution in [0.1, 0.15) is 33.6 Å². The molecule has 4 nitrogen and oxygen atoms in total. The van der Waals surface area contributed by atoms with Crippen LogP contribution in [0.25, 0.3) is 0 Å². The molecule has 2 atom stereocenters. The van der Waals surface area contributed by atoms with Gasteiger partial charge in [0.1, 0.15) is 6.11 Å². The summed E-state index contributed by atoms with van der Waals surface area (Å²) in [5.41, 5.74) is 0. The topological polar surface area (TPSA) is 55.8 Å². The second-order valence-corrected chi connectivity index (χ2v) is 9.62. The molecule has 1 rings (SSSR count). The SMILES string of the molecule is CC(C)(C)S(C)(C)O[C@H]1CC(=O)OC(C#CO)C1. The lowest BCUT2D eigenvalue weighted by molar-refractivity contribution is -0.154. The highest BCUT2D eigenvalue weighted by atomic mass is 32.3. The first-order chi connectivity index (χ1) is 8.15. The fourth-order valence-electron chi connectivity index (χ4n) is 1.48. The molecule has 0 aromatic rings. The van der Waals surface area contributed by atoms with Crippen molar-refractivity contribution in [1.82, 2.24) is 0 Å². The fourth-order valence-corrected chi connectivity index (χ4v) is 2.60. The van der Waals surface area contributed by atoms with E-state index < -0.39 is 16.4 Å². The second-order valence-electron chi connectivity index (χ2n) is 5.74. The zero-order valence-electron chi connectivity index (χ0n) is 11.6. The van der Waals surface area contributed by atoms with Crippen molar-refractivity contribution in [2.24, 2.45) is 0 Å². The van der Waals surface area contributed by atoms with Crippen molar-refractivity contribution >= 4 is 16.3 Å². The normalized spacial score (nSPS) is 25.9. The van der Waals surface area contributed by atoms with Crippen LogP contribution in [0, 0.1) is 12.0 Å². The average molecular weight is 274 g/mol. The van der Waals surface area contributed by atoms with Gasteiger partial charge in [0.2, 0.25) is 0 Å². The molecule has 1 N–H and O–H groups in total. The molecule has 1 aliphatic rings. The Morgan fingerprint density at radius 1 is 1.44 bits per heavy atom. The van der Waals surface area contributed by atoms with E-state index in [9.17, 15) is 4.79 Å². The van der Waals surface area contributed by atoms with Crippen molar-refractivity contribution in [1.29, 1.82) is 0 Å². The lowest BCUT2D eigenvalue weighted by atomic mass is 10.1. The molecule has 0 radical (unpaired) electrons. The molecule has 0 bridgehead atoms. The van der Waals surface area contributed by atoms with Crippen LogP contribution in [-0.2, 0) is 13.7 Å². The Labute approximate surface area is 111 Å². The van der Waals surface area contributed by atoms with Gasteiger partial charge in [-0.25, -0.2) is 0 Å². The summed E-state index contributed by atoms with van der Waals surface area (Å²) >= 11 is 0. The van der Waals surface area contributed by atoms with Crippen molar-refractivity contribution in [3.8, 4) is 12.0 Å². The number of carbonyl (C=O) groups is 1. The summed E-state index contributed by atoms with van der Waals surface area (Å²) in [7, 11) is -1.28. The summed E-state index contributed by atoms with van der Waals surface area (Å²) in [6.07, 6.45) is 6.03. The molecule has 0 spiro atoms. The van der Waals surface area contributed by atoms with Gasteiger partial charge in [0.05, 0.1) is 12.5 Å². The van der Waals surface area contributed by atoms with Gasteiger partial charge in [-0.05, 0) is 18.4 Å². The Kier molecular flexibility index (Phi) is 4.57. The van der Waals surface area contributed by atoms with Gasteiger partial charge in [-0.2, -0.15) is 0 Å². The van der Waals surface area contributed by atoms with E-state index in [1.165, 1.54) is 0 Å². The van der Waals surface area contributed by atoms with Gasteiger partial charge >= 0.3 is 5.97 Å². The van der Waals surface area contributed by atoms with Gasteiger partial charge in [0.15, 0.2) is 6.10 Å². The smallest absolute Gasteiger partial charge is 0.309 e. The molecule has 1 heterocycles. The molecule has 1 saturated heterocycles. The van der Waals surface area contributed by atoms with Gasteiger partial charge in [-0.15, -0.1) is 10.3 Å². The number of aliphatic hydroxyl groups excluding tert-OH is 1. The maximum atomic E-state index is 11.5. The average Bonchev–Trinajstić information content (AvgIpc) is 2.13. The van der Waals surface area contributed by atoms with Crippen molar-refractivity contribution in [3.63, 3.8) is 0 Å². The molecule has 1 aliphatic heterocycles. The Balaban J connectivity index is 2.71. The Hall–Kier alpha value is -0.860. The van der Waals surface area contributed by atoms with Gasteiger partial charge in [0, 0.05) is 11.2 Å². The predicted molar refractivity (Wildman–Crippen MR) is 72.9 cm³/mol. The number of cyclic esters (lactones) is 1. The van der Waals surface area contributed by atoms with Gasteiger partial charge in [0.25, 0.3) is 0 Å². The van der Waals surface area contributed by atoms with Crippen molar-refractivity contribution < 1.29 is 18.8 Å². The van der Waals surface area contributed by atoms with E-state index in [0.29, 0.717) is 6.42 Å². The van der Waals surface area contributed by atoms with Gasteiger partial charge < -0.3 is 14.0 Å². The molecule has 18 heavy (non-hydrogen) atoms. The molecule has 5 heteroatoms. The summed E-state index contributed by atoms with van der Waals surface area (Å²) in [6, 6.07) is 0. The lowest BCUT2D eigenvalue weighted by Gasteiger charge is -2.46. The lowest BCUT2D eigenvalue weighted by Crippen LogP contribution is -2.36. The maximum Gasteiger partial charge on any atom is 0.309 e. The van der Waals surface area contributed by atoms with Gasteiger partial charge in [-0.1, -0.05) is 20.8 Å². The quantitative estimate of drug-likeness (QED) is 0.619. The zero-order valence-corrected chi connectivity index (χ0v) is 12.5. The molecule has 104 valence electrons. The largest absolute Gasteiger partial charge is 0.462 e. The molecular weight excluding hydrogens is 252 g/mol. The van der Waals surface area contributed by atoms with E-state index in [1.807, 2.05) is 0 Å². The third kappa shape index (κ3) is 3.82. The van der Waals surface area contributed by atoms with Gasteiger partial charge in [-0.3, -0.25) is 4.79 Å². The zero-order chi connectivity index (χ0) is 14.0. The van der Waals surface area contributed by atoms with Crippen LogP contribution in [0.4, 0.5) is 0 Å². The Morgan fingerprint density at radius 3 is 2.56 bits per heavy atom. The number of aliphatic hydroxyl groups is 1. The highest BCUT2D eigenvalue weighted by Crippen LogP contribution is 2.55. The summed E-state index contributed by atoms with van der Waals surface area (Å²) in [5.74, 6) is 2.14. The third-order valence-corrected chi connectivity index (χ3v) is 6.92. The van der Waals surface area contributed by atoms with Crippen molar-refractivity contribution in [2.45, 2.75) is 50.6 Å². The van der Waals surface area contributed by atoms with E-state index in [-0.39, 0.29) is 23.2 Å². The first kappa shape index (κ1) is 15.2. The van der Waals surface area contributed by atoms with Crippen LogP contribution in [0.5, 0.6) is 0 Å². The number of ether oxygens (including phenoxy) is 1. The minimum absolute atomic E-state index is 0.0481. The number of hydrogen-bond acceptors (Lipinski definition) is 4. The van der Waals surface area contributed by atoms with Crippen molar-refractivity contribution in [2.75, 3.05) is 12.5 Å². The van der Waals surface area contributed by atoms with E-state index in [1.54, 1.807) is 6.11 Å². The highest BCUT2D eigenvalue weighted by molar-refractivity contribution is 8.29. The predicted octanol–water partition coefficient (Wildman–Crippen LogP) is 2.19. The van der Waals surface area contributed by atoms with Crippen LogP contribution in [0.15, 0.2) is 0 Å². The van der Waals surface area contributed by atoms with E-state index in [2.05, 4.69) is 39.2 Å². The first-order valence-electron chi connectivity index (χ1n) is 5.91. The monoisotopic (exact) mass is 274 g/mol. The highest BCUT2D eigenvalue weighted by Gasteiger charge is 2.36. The second kappa shape index (κ2) is 5.41. The molecule has 0 saturated carbocycles. The third-order valence-electron chi connectivity index (χ3n) is 3.22. The van der Waals surface area contributed by atoms with Crippen LogP contribution < -0.4 is 0 Å². The van der Waals surface area contributed by atoms with Crippen LogP contribution >= 0.6 is 10.3 Å². The summed E-state index contributed by atoms with van der Waals surface area (Å²) in [6.45, 7) is 6.40. The van der Waals surface area contributed by atoms with Crippen molar-refractivity contribution in [3.05, 3.63) is 0 Å². The van der Waals surface area contributed by atoms with E-state index >= 15 is 0 Å². The standard InChI is InChI=1S/C13H22O4S/c1-13(2,3)18(4,5)17-11-8-10(6-7-14)16-12(15)9-11/h10-11,14H,8-9H2,1-5H3/t10?,11-/m1/s1. The Morgan fingerprint density at radius 2 is 2.06 bits per heavy atom. The minimum Gasteiger partial charge on any atom is -0.462 e. The summed E-state index contributed by atoms with van der Waals surface area (Å²) < 4.78 is 11.2. The molecule has 0 aromatic heterocycles. The van der Waals surface area contributed by atoms with Crippen LogP contribution in [0.3, 0.4) is 0 Å². The van der Waals surface area contributed by atoms with Crippen LogP contribution in [0.2, 0.25) is 0 Å². The van der Waals surface area contributed by atoms with E-state index in [4.69, 9.17) is 14.0 Å². The molecule has 0 amide bonds. The number of hydrogen-bond donors (Lipinski definition) is 1. The number of carbonyl (C=O) groups excluding carboxylic acids is 1. The van der Waals surface area contributed by atoms with Crippen LogP contribution in [-0.4, -0.2) is 40.5 Å². The number of rotatable bonds is 2. The van der Waals surface area contributed by atoms with E-state index in [0.717, 1.165) is 0 Å². The molecule has 0 aromatic carbocycles.